The van der Waals surface area contributed by atoms with E-state index in [1.807, 2.05) is 54.5 Å². The topological polar surface area (TPSA) is 81.0 Å². The van der Waals surface area contributed by atoms with Crippen molar-refractivity contribution in [3.05, 3.63) is 23.8 Å². The van der Waals surface area contributed by atoms with Crippen molar-refractivity contribution in [2.45, 2.75) is 65.3 Å². The Kier molecular flexibility index (Phi) is 5.83. The number of likely N-dealkylation sites (tertiary alicyclic amines) is 1. The molecule has 1 amide bonds. The van der Waals surface area contributed by atoms with Crippen LogP contribution in [0.3, 0.4) is 0 Å². The maximum atomic E-state index is 12.0. The molecule has 0 bridgehead atoms. The molecule has 30 heavy (non-hydrogen) atoms. The predicted octanol–water partition coefficient (Wildman–Crippen LogP) is 3.10. The zero-order chi connectivity index (χ0) is 22.3. The van der Waals surface area contributed by atoms with Crippen LogP contribution in [0.1, 0.15) is 54.0 Å². The van der Waals surface area contributed by atoms with Gasteiger partial charge in [-0.25, -0.2) is 4.79 Å². The minimum atomic E-state index is -0.523. The molecule has 0 atom stereocenters. The number of carbonyl (C=O) groups is 1. The Morgan fingerprint density at radius 2 is 1.83 bits per heavy atom. The Hall–Kier alpha value is -2.24. The third kappa shape index (κ3) is 4.74. The van der Waals surface area contributed by atoms with Crippen molar-refractivity contribution in [1.29, 1.82) is 5.26 Å². The minimum absolute atomic E-state index is 0.215. The number of benzene rings is 1. The van der Waals surface area contributed by atoms with Crippen molar-refractivity contribution in [1.82, 2.24) is 4.90 Å². The van der Waals surface area contributed by atoms with Crippen molar-refractivity contribution in [3.63, 3.8) is 0 Å². The summed E-state index contributed by atoms with van der Waals surface area (Å²) in [5.41, 5.74) is -0.157. The molecule has 0 spiro atoms. The first kappa shape index (κ1) is 22.5. The molecule has 8 heteroatoms. The van der Waals surface area contributed by atoms with E-state index >= 15 is 0 Å². The monoisotopic (exact) mass is 414 g/mol. The van der Waals surface area contributed by atoms with Gasteiger partial charge in [-0.1, -0.05) is 6.07 Å². The zero-order valence-corrected chi connectivity index (χ0v) is 18.9. The second kappa shape index (κ2) is 7.79. The molecule has 2 fully saturated rings. The van der Waals surface area contributed by atoms with Crippen LogP contribution in [0.4, 0.5) is 4.79 Å². The largest absolute Gasteiger partial charge is 0.494 e. The molecule has 0 unspecified atom stereocenters. The summed E-state index contributed by atoms with van der Waals surface area (Å²) >= 11 is 0. The fourth-order valence-electron chi connectivity index (χ4n) is 3.25. The maximum absolute atomic E-state index is 12.0. The smallest absolute Gasteiger partial charge is 0.492 e. The maximum Gasteiger partial charge on any atom is 0.494 e. The Bertz CT molecular complexity index is 834. The second-order valence-corrected chi connectivity index (χ2v) is 10.0. The summed E-state index contributed by atoms with van der Waals surface area (Å²) in [5.74, 6) is 0.736. The second-order valence-electron chi connectivity index (χ2n) is 10.0. The van der Waals surface area contributed by atoms with Gasteiger partial charge < -0.3 is 23.7 Å². The molecule has 3 rings (SSSR count). The van der Waals surface area contributed by atoms with Gasteiger partial charge in [0.1, 0.15) is 17.4 Å². The molecule has 162 valence electrons. The van der Waals surface area contributed by atoms with Gasteiger partial charge in [-0.15, -0.1) is 0 Å². The van der Waals surface area contributed by atoms with E-state index < -0.39 is 23.9 Å². The van der Waals surface area contributed by atoms with Crippen LogP contribution in [0.5, 0.6) is 5.75 Å². The highest BCUT2D eigenvalue weighted by atomic mass is 16.7. The quantitative estimate of drug-likeness (QED) is 0.705. The molecular formula is C22H31BN2O5. The third-order valence-corrected chi connectivity index (χ3v) is 5.73. The fourth-order valence-corrected chi connectivity index (χ4v) is 3.25. The van der Waals surface area contributed by atoms with E-state index in [0.29, 0.717) is 31.0 Å². The average Bonchev–Trinajstić information content (AvgIpc) is 2.79. The number of rotatable bonds is 4. The van der Waals surface area contributed by atoms with Gasteiger partial charge in [0.2, 0.25) is 0 Å². The summed E-state index contributed by atoms with van der Waals surface area (Å²) in [7, 11) is -0.523. The molecule has 7 nitrogen and oxygen atoms in total. The van der Waals surface area contributed by atoms with Gasteiger partial charge in [-0.05, 0) is 66.1 Å². The highest BCUT2D eigenvalue weighted by molar-refractivity contribution is 6.62. The number of hydrogen-bond donors (Lipinski definition) is 0. The van der Waals surface area contributed by atoms with Crippen LogP contribution in [0, 0.1) is 17.2 Å². The van der Waals surface area contributed by atoms with Gasteiger partial charge in [0.15, 0.2) is 0 Å². The lowest BCUT2D eigenvalue weighted by Crippen LogP contribution is -2.53. The van der Waals surface area contributed by atoms with E-state index in [4.69, 9.17) is 18.8 Å². The lowest BCUT2D eigenvalue weighted by Gasteiger charge is -2.39. The van der Waals surface area contributed by atoms with Gasteiger partial charge >= 0.3 is 13.2 Å². The lowest BCUT2D eigenvalue weighted by atomic mass is 9.78. The summed E-state index contributed by atoms with van der Waals surface area (Å²) in [4.78, 5) is 13.7. The first-order valence-corrected chi connectivity index (χ1v) is 10.3. The highest BCUT2D eigenvalue weighted by Crippen LogP contribution is 2.36. The van der Waals surface area contributed by atoms with E-state index in [-0.39, 0.29) is 12.0 Å². The molecule has 2 heterocycles. The number of amides is 1. The van der Waals surface area contributed by atoms with Crippen molar-refractivity contribution in [2.24, 2.45) is 5.92 Å². The fraction of sp³-hybridized carbons (Fsp3) is 0.636. The van der Waals surface area contributed by atoms with Crippen LogP contribution in [-0.2, 0) is 14.0 Å². The summed E-state index contributed by atoms with van der Waals surface area (Å²) in [6, 6.07) is 7.60. The summed E-state index contributed by atoms with van der Waals surface area (Å²) < 4.78 is 23.4. The van der Waals surface area contributed by atoms with Gasteiger partial charge in [0, 0.05) is 19.0 Å². The first-order valence-electron chi connectivity index (χ1n) is 10.3. The van der Waals surface area contributed by atoms with Crippen LogP contribution < -0.4 is 10.2 Å². The molecule has 0 saturated carbocycles. The predicted molar refractivity (Wildman–Crippen MR) is 114 cm³/mol. The van der Waals surface area contributed by atoms with Crippen LogP contribution in [0.15, 0.2) is 18.2 Å². The summed E-state index contributed by atoms with van der Waals surface area (Å²) in [5, 5.41) is 9.57. The molecule has 2 aliphatic rings. The van der Waals surface area contributed by atoms with E-state index in [2.05, 4.69) is 6.07 Å². The van der Waals surface area contributed by atoms with Crippen molar-refractivity contribution >= 4 is 18.7 Å². The molecule has 2 saturated heterocycles. The normalized spacial score (nSPS) is 20.5. The van der Waals surface area contributed by atoms with Gasteiger partial charge in [0.05, 0.1) is 23.4 Å². The Labute approximate surface area is 179 Å². The zero-order valence-electron chi connectivity index (χ0n) is 18.9. The number of hydrogen-bond acceptors (Lipinski definition) is 6. The molecule has 1 aromatic carbocycles. The minimum Gasteiger partial charge on any atom is -0.492 e. The standard InChI is InChI=1S/C22H31BN2O5/c1-20(2,3)28-19(26)25-12-15(13-25)14-27-18-9-8-17(10-16(18)11-24)23-29-21(4,5)22(6,7)30-23/h8-10,15H,12-14H2,1-7H3. The average molecular weight is 414 g/mol. The number of carbonyl (C=O) groups excluding carboxylic acids is 1. The van der Waals surface area contributed by atoms with E-state index in [9.17, 15) is 10.1 Å². The van der Waals surface area contributed by atoms with Crippen molar-refractivity contribution < 1.29 is 23.6 Å². The van der Waals surface area contributed by atoms with Crippen LogP contribution >= 0.6 is 0 Å². The number of nitriles is 1. The highest BCUT2D eigenvalue weighted by Gasteiger charge is 2.51. The molecule has 2 aliphatic heterocycles. The van der Waals surface area contributed by atoms with Gasteiger partial charge in [-0.2, -0.15) is 5.26 Å². The summed E-state index contributed by atoms with van der Waals surface area (Å²) in [6.45, 7) is 15.1. The third-order valence-electron chi connectivity index (χ3n) is 5.73. The molecule has 0 aliphatic carbocycles. The molecule has 0 radical (unpaired) electrons. The van der Waals surface area contributed by atoms with Crippen molar-refractivity contribution in [2.75, 3.05) is 19.7 Å². The number of nitrogens with zero attached hydrogens (tertiary/aromatic N) is 2. The first-order chi connectivity index (χ1) is 13.8. The van der Waals surface area contributed by atoms with E-state index in [1.165, 1.54) is 0 Å². The Morgan fingerprint density at radius 1 is 1.23 bits per heavy atom. The molecule has 0 aromatic heterocycles. The molecule has 0 N–H and O–H groups in total. The Morgan fingerprint density at radius 3 is 2.37 bits per heavy atom. The number of ether oxygens (including phenoxy) is 2. The molecular weight excluding hydrogens is 383 g/mol. The lowest BCUT2D eigenvalue weighted by molar-refractivity contribution is -0.00783. The summed E-state index contributed by atoms with van der Waals surface area (Å²) in [6.07, 6.45) is -0.303. The van der Waals surface area contributed by atoms with Crippen LogP contribution in [0.2, 0.25) is 0 Å². The Balaban J connectivity index is 1.56. The molecule has 1 aromatic rings. The van der Waals surface area contributed by atoms with Crippen molar-refractivity contribution in [3.8, 4) is 11.8 Å². The van der Waals surface area contributed by atoms with E-state index in [1.54, 1.807) is 17.0 Å². The van der Waals surface area contributed by atoms with Crippen LogP contribution in [-0.4, -0.2) is 54.6 Å². The van der Waals surface area contributed by atoms with E-state index in [0.717, 1.165) is 5.46 Å². The van der Waals surface area contributed by atoms with Crippen LogP contribution in [0.25, 0.3) is 0 Å². The SMILES string of the molecule is CC(C)(C)OC(=O)N1CC(COc2ccc(B3OC(C)(C)C(C)(C)O3)cc2C#N)C1. The van der Waals surface area contributed by atoms with Gasteiger partial charge in [-0.3, -0.25) is 0 Å². The van der Waals surface area contributed by atoms with Gasteiger partial charge in [0.25, 0.3) is 0 Å².